The van der Waals surface area contributed by atoms with Crippen LogP contribution in [0.15, 0.2) is 40.4 Å². The summed E-state index contributed by atoms with van der Waals surface area (Å²) in [5, 5.41) is 0. The second kappa shape index (κ2) is 6.30. The highest BCUT2D eigenvalue weighted by Gasteiger charge is 2.20. The summed E-state index contributed by atoms with van der Waals surface area (Å²) in [7, 11) is 0. The van der Waals surface area contributed by atoms with E-state index in [0.29, 0.717) is 6.54 Å². The van der Waals surface area contributed by atoms with Crippen LogP contribution < -0.4 is 0 Å². The molecule has 0 atom stereocenters. The Balaban J connectivity index is 2.19. The van der Waals surface area contributed by atoms with Gasteiger partial charge >= 0.3 is 0 Å². The molecule has 0 unspecified atom stereocenters. The van der Waals surface area contributed by atoms with Gasteiger partial charge in [0.1, 0.15) is 0 Å². The summed E-state index contributed by atoms with van der Waals surface area (Å²) < 4.78 is 0.973. The standard InChI is InChI=1S/C14H15BrN2OS/c1-10(2)17(9-11-4-3-7-16-8-11)14(18)12-5-6-13(15)19-12/h3-8,10H,9H2,1-2H3. The second-order valence-electron chi connectivity index (χ2n) is 4.49. The molecule has 0 fully saturated rings. The van der Waals surface area contributed by atoms with Crippen molar-refractivity contribution in [1.82, 2.24) is 9.88 Å². The molecule has 0 aromatic carbocycles. The third kappa shape index (κ3) is 3.64. The summed E-state index contributed by atoms with van der Waals surface area (Å²) in [6.07, 6.45) is 3.54. The van der Waals surface area contributed by atoms with Crippen molar-refractivity contribution in [1.29, 1.82) is 0 Å². The van der Waals surface area contributed by atoms with Crippen LogP contribution in [-0.2, 0) is 6.54 Å². The van der Waals surface area contributed by atoms with Crippen LogP contribution >= 0.6 is 27.3 Å². The quantitative estimate of drug-likeness (QED) is 0.845. The zero-order chi connectivity index (χ0) is 13.8. The second-order valence-corrected chi connectivity index (χ2v) is 6.95. The molecule has 0 aliphatic rings. The number of hydrogen-bond acceptors (Lipinski definition) is 3. The molecule has 2 heterocycles. The predicted molar refractivity (Wildman–Crippen MR) is 81.3 cm³/mol. The molecule has 0 saturated heterocycles. The van der Waals surface area contributed by atoms with Crippen LogP contribution in [0.4, 0.5) is 0 Å². The Morgan fingerprint density at radius 2 is 2.21 bits per heavy atom. The van der Waals surface area contributed by atoms with Gasteiger partial charge in [-0.15, -0.1) is 11.3 Å². The summed E-state index contributed by atoms with van der Waals surface area (Å²) in [6.45, 7) is 4.63. The van der Waals surface area contributed by atoms with Crippen LogP contribution in [-0.4, -0.2) is 21.8 Å². The van der Waals surface area contributed by atoms with Gasteiger partial charge in [-0.1, -0.05) is 6.07 Å². The molecule has 0 radical (unpaired) electrons. The van der Waals surface area contributed by atoms with E-state index in [0.717, 1.165) is 14.2 Å². The van der Waals surface area contributed by atoms with Gasteiger partial charge in [0, 0.05) is 25.0 Å². The SMILES string of the molecule is CC(C)N(Cc1cccnc1)C(=O)c1ccc(Br)s1. The molecule has 0 spiro atoms. The van der Waals surface area contributed by atoms with E-state index < -0.39 is 0 Å². The van der Waals surface area contributed by atoms with E-state index in [9.17, 15) is 4.79 Å². The third-order valence-electron chi connectivity index (χ3n) is 2.74. The van der Waals surface area contributed by atoms with E-state index in [2.05, 4.69) is 20.9 Å². The number of aromatic nitrogens is 1. The molecular formula is C14H15BrN2OS. The van der Waals surface area contributed by atoms with Gasteiger partial charge < -0.3 is 4.90 Å². The minimum Gasteiger partial charge on any atom is -0.331 e. The molecule has 5 heteroatoms. The zero-order valence-electron chi connectivity index (χ0n) is 10.8. The maximum absolute atomic E-state index is 12.5. The van der Waals surface area contributed by atoms with E-state index in [1.807, 2.05) is 43.0 Å². The fraction of sp³-hybridized carbons (Fsp3) is 0.286. The molecule has 0 bridgehead atoms. The van der Waals surface area contributed by atoms with E-state index in [1.165, 1.54) is 11.3 Å². The van der Waals surface area contributed by atoms with Crippen molar-refractivity contribution in [2.24, 2.45) is 0 Å². The molecule has 2 aromatic heterocycles. The Kier molecular flexibility index (Phi) is 4.71. The molecule has 0 aliphatic heterocycles. The number of pyridine rings is 1. The molecule has 19 heavy (non-hydrogen) atoms. The Labute approximate surface area is 125 Å². The molecule has 1 amide bonds. The molecule has 0 N–H and O–H groups in total. The normalized spacial score (nSPS) is 10.7. The molecule has 2 aromatic rings. The number of thiophene rings is 1. The first kappa shape index (κ1) is 14.2. The third-order valence-corrected chi connectivity index (χ3v) is 4.36. The van der Waals surface area contributed by atoms with E-state index >= 15 is 0 Å². The monoisotopic (exact) mass is 338 g/mol. The minimum absolute atomic E-state index is 0.0644. The fourth-order valence-corrected chi connectivity index (χ4v) is 3.09. The lowest BCUT2D eigenvalue weighted by Crippen LogP contribution is -2.36. The number of carbonyl (C=O) groups excluding carboxylic acids is 1. The highest BCUT2D eigenvalue weighted by Crippen LogP contribution is 2.24. The van der Waals surface area contributed by atoms with Crippen molar-refractivity contribution >= 4 is 33.2 Å². The van der Waals surface area contributed by atoms with E-state index in [-0.39, 0.29) is 11.9 Å². The smallest absolute Gasteiger partial charge is 0.264 e. The van der Waals surface area contributed by atoms with Crippen LogP contribution in [0.3, 0.4) is 0 Å². The summed E-state index contributed by atoms with van der Waals surface area (Å²) in [4.78, 5) is 19.2. The van der Waals surface area contributed by atoms with E-state index in [1.54, 1.807) is 12.4 Å². The van der Waals surface area contributed by atoms with Crippen molar-refractivity contribution < 1.29 is 4.79 Å². The van der Waals surface area contributed by atoms with E-state index in [4.69, 9.17) is 0 Å². The lowest BCUT2D eigenvalue weighted by atomic mass is 10.2. The van der Waals surface area contributed by atoms with Gasteiger partial charge in [-0.05, 0) is 53.5 Å². The molecule has 3 nitrogen and oxygen atoms in total. The number of nitrogens with zero attached hydrogens (tertiary/aromatic N) is 2. The van der Waals surface area contributed by atoms with Crippen LogP contribution in [0.5, 0.6) is 0 Å². The number of carbonyl (C=O) groups is 1. The highest BCUT2D eigenvalue weighted by molar-refractivity contribution is 9.11. The van der Waals surface area contributed by atoms with Gasteiger partial charge in [0.05, 0.1) is 8.66 Å². The fourth-order valence-electron chi connectivity index (χ4n) is 1.75. The Morgan fingerprint density at radius 3 is 2.74 bits per heavy atom. The summed E-state index contributed by atoms with van der Waals surface area (Å²) in [5.74, 6) is 0.0644. The van der Waals surface area contributed by atoms with Gasteiger partial charge in [-0.2, -0.15) is 0 Å². The van der Waals surface area contributed by atoms with Gasteiger partial charge in [-0.3, -0.25) is 9.78 Å². The maximum Gasteiger partial charge on any atom is 0.264 e. The Morgan fingerprint density at radius 1 is 1.42 bits per heavy atom. The first-order valence-electron chi connectivity index (χ1n) is 6.03. The lowest BCUT2D eigenvalue weighted by Gasteiger charge is -2.26. The first-order valence-corrected chi connectivity index (χ1v) is 7.64. The predicted octanol–water partition coefficient (Wildman–Crippen LogP) is 3.96. The molecule has 100 valence electrons. The molecule has 0 saturated carbocycles. The number of rotatable bonds is 4. The minimum atomic E-state index is 0.0644. The van der Waals surface area contributed by atoms with Crippen LogP contribution in [0.1, 0.15) is 29.1 Å². The van der Waals surface area contributed by atoms with Crippen molar-refractivity contribution in [3.8, 4) is 0 Å². The van der Waals surface area contributed by atoms with Gasteiger partial charge in [0.2, 0.25) is 0 Å². The largest absolute Gasteiger partial charge is 0.331 e. The molecule has 2 rings (SSSR count). The number of amides is 1. The Hall–Kier alpha value is -1.20. The summed E-state index contributed by atoms with van der Waals surface area (Å²) in [6, 6.07) is 7.78. The molecular weight excluding hydrogens is 324 g/mol. The number of hydrogen-bond donors (Lipinski definition) is 0. The zero-order valence-corrected chi connectivity index (χ0v) is 13.2. The molecule has 0 aliphatic carbocycles. The highest BCUT2D eigenvalue weighted by atomic mass is 79.9. The lowest BCUT2D eigenvalue weighted by molar-refractivity contribution is 0.0695. The van der Waals surface area contributed by atoms with Crippen molar-refractivity contribution in [3.63, 3.8) is 0 Å². The summed E-state index contributed by atoms with van der Waals surface area (Å²) in [5.41, 5.74) is 1.04. The maximum atomic E-state index is 12.5. The van der Waals surface area contributed by atoms with Gasteiger partial charge in [0.15, 0.2) is 0 Å². The van der Waals surface area contributed by atoms with Crippen LogP contribution in [0.25, 0.3) is 0 Å². The van der Waals surface area contributed by atoms with Gasteiger partial charge in [-0.25, -0.2) is 0 Å². The average molecular weight is 339 g/mol. The van der Waals surface area contributed by atoms with Gasteiger partial charge in [0.25, 0.3) is 5.91 Å². The first-order chi connectivity index (χ1) is 9.08. The summed E-state index contributed by atoms with van der Waals surface area (Å²) >= 11 is 4.85. The number of halogens is 1. The average Bonchev–Trinajstić information content (AvgIpc) is 2.83. The van der Waals surface area contributed by atoms with Crippen LogP contribution in [0.2, 0.25) is 0 Å². The van der Waals surface area contributed by atoms with Crippen molar-refractivity contribution in [2.75, 3.05) is 0 Å². The van der Waals surface area contributed by atoms with Crippen LogP contribution in [0, 0.1) is 0 Å². The van der Waals surface area contributed by atoms with Crippen molar-refractivity contribution in [3.05, 3.63) is 50.9 Å². The van der Waals surface area contributed by atoms with Crippen molar-refractivity contribution in [2.45, 2.75) is 26.4 Å². The Bertz CT molecular complexity index is 554. The topological polar surface area (TPSA) is 33.2 Å².